The monoisotopic (exact) mass is 373 g/mol. The highest BCUT2D eigenvalue weighted by Crippen LogP contribution is 2.35. The van der Waals surface area contributed by atoms with Crippen molar-refractivity contribution in [3.63, 3.8) is 0 Å². The van der Waals surface area contributed by atoms with Gasteiger partial charge < -0.3 is 13.9 Å². The fourth-order valence-electron chi connectivity index (χ4n) is 2.95. The third kappa shape index (κ3) is 2.83. The molecule has 1 atom stereocenters. The standard InChI is InChI=1S/C19H19NO5S/c1-13(18-11-14-5-3-4-6-16(14)25-18)20(2)26(21,22)15-7-8-17-19(12-15)24-10-9-23-17/h3-8,11-13H,9-10H2,1-2H3/t13-/m1/s1. The minimum atomic E-state index is -3.72. The van der Waals surface area contributed by atoms with E-state index in [4.69, 9.17) is 13.9 Å². The summed E-state index contributed by atoms with van der Waals surface area (Å²) in [6, 6.07) is 13.7. The Bertz CT molecular complexity index is 1020. The summed E-state index contributed by atoms with van der Waals surface area (Å²) in [5.41, 5.74) is 0.736. The zero-order valence-corrected chi connectivity index (χ0v) is 15.3. The Balaban J connectivity index is 1.66. The van der Waals surface area contributed by atoms with Gasteiger partial charge in [-0.3, -0.25) is 0 Å². The van der Waals surface area contributed by atoms with Crippen LogP contribution in [0.25, 0.3) is 11.0 Å². The Morgan fingerprint density at radius 3 is 2.50 bits per heavy atom. The molecular weight excluding hydrogens is 354 g/mol. The molecular formula is C19H19NO5S. The molecule has 2 heterocycles. The molecule has 3 aromatic rings. The molecule has 1 aliphatic rings. The van der Waals surface area contributed by atoms with Crippen molar-refractivity contribution in [2.45, 2.75) is 17.9 Å². The van der Waals surface area contributed by atoms with Crippen LogP contribution in [0.2, 0.25) is 0 Å². The summed E-state index contributed by atoms with van der Waals surface area (Å²) in [4.78, 5) is 0.159. The van der Waals surface area contributed by atoms with Gasteiger partial charge in [-0.2, -0.15) is 4.31 Å². The van der Waals surface area contributed by atoms with Gasteiger partial charge >= 0.3 is 0 Å². The van der Waals surface area contributed by atoms with Crippen LogP contribution in [0.1, 0.15) is 18.7 Å². The van der Waals surface area contributed by atoms with Gasteiger partial charge in [0.1, 0.15) is 24.6 Å². The third-order valence-corrected chi connectivity index (χ3v) is 6.52. The highest BCUT2D eigenvalue weighted by Gasteiger charge is 2.29. The van der Waals surface area contributed by atoms with E-state index in [0.717, 1.165) is 11.0 Å². The van der Waals surface area contributed by atoms with Crippen molar-refractivity contribution >= 4 is 21.0 Å². The van der Waals surface area contributed by atoms with Crippen molar-refractivity contribution < 1.29 is 22.3 Å². The first-order valence-corrected chi connectivity index (χ1v) is 9.77. The summed E-state index contributed by atoms with van der Waals surface area (Å²) in [6.45, 7) is 2.66. The molecule has 1 aromatic heterocycles. The van der Waals surface area contributed by atoms with Gasteiger partial charge in [-0.05, 0) is 31.2 Å². The molecule has 26 heavy (non-hydrogen) atoms. The van der Waals surface area contributed by atoms with E-state index in [0.29, 0.717) is 30.5 Å². The van der Waals surface area contributed by atoms with Gasteiger partial charge in [0, 0.05) is 18.5 Å². The number of sulfonamides is 1. The Kier molecular flexibility index (Phi) is 4.13. The molecule has 6 nitrogen and oxygen atoms in total. The van der Waals surface area contributed by atoms with Gasteiger partial charge in [0.15, 0.2) is 11.5 Å². The van der Waals surface area contributed by atoms with Crippen LogP contribution in [0, 0.1) is 0 Å². The predicted octanol–water partition coefficient (Wildman–Crippen LogP) is 3.59. The van der Waals surface area contributed by atoms with Crippen LogP contribution in [0.5, 0.6) is 11.5 Å². The van der Waals surface area contributed by atoms with E-state index in [1.165, 1.54) is 16.4 Å². The minimum Gasteiger partial charge on any atom is -0.486 e. The van der Waals surface area contributed by atoms with Gasteiger partial charge in [-0.25, -0.2) is 8.42 Å². The number of para-hydroxylation sites is 1. The molecule has 0 unspecified atom stereocenters. The molecule has 0 bridgehead atoms. The van der Waals surface area contributed by atoms with Gasteiger partial charge in [0.2, 0.25) is 10.0 Å². The van der Waals surface area contributed by atoms with Crippen LogP contribution in [0.15, 0.2) is 57.8 Å². The molecule has 0 fully saturated rings. The first kappa shape index (κ1) is 16.9. The highest BCUT2D eigenvalue weighted by molar-refractivity contribution is 7.89. The number of hydrogen-bond donors (Lipinski definition) is 0. The fraction of sp³-hybridized carbons (Fsp3) is 0.263. The number of ether oxygens (including phenoxy) is 2. The average Bonchev–Trinajstić information content (AvgIpc) is 3.10. The predicted molar refractivity (Wildman–Crippen MR) is 97.0 cm³/mol. The molecule has 2 aromatic carbocycles. The van der Waals surface area contributed by atoms with Crippen LogP contribution >= 0.6 is 0 Å². The first-order chi connectivity index (χ1) is 12.5. The molecule has 0 spiro atoms. The summed E-state index contributed by atoms with van der Waals surface area (Å²) in [6.07, 6.45) is 0. The number of nitrogens with zero attached hydrogens (tertiary/aromatic N) is 1. The Morgan fingerprint density at radius 1 is 1.00 bits per heavy atom. The van der Waals surface area contributed by atoms with E-state index >= 15 is 0 Å². The van der Waals surface area contributed by atoms with Crippen molar-refractivity contribution in [2.75, 3.05) is 20.3 Å². The quantitative estimate of drug-likeness (QED) is 0.699. The minimum absolute atomic E-state index is 0.159. The van der Waals surface area contributed by atoms with Crippen LogP contribution in [-0.2, 0) is 10.0 Å². The average molecular weight is 373 g/mol. The summed E-state index contributed by atoms with van der Waals surface area (Å²) < 4.78 is 44.1. The van der Waals surface area contributed by atoms with E-state index < -0.39 is 16.1 Å². The largest absolute Gasteiger partial charge is 0.486 e. The normalized spacial score (nSPS) is 15.3. The number of rotatable bonds is 4. The SMILES string of the molecule is C[C@H](c1cc2ccccc2o1)N(C)S(=O)(=O)c1ccc2c(c1)OCCO2. The summed E-state index contributed by atoms with van der Waals surface area (Å²) >= 11 is 0. The smallest absolute Gasteiger partial charge is 0.243 e. The lowest BCUT2D eigenvalue weighted by Gasteiger charge is -2.24. The maximum atomic E-state index is 13.0. The van der Waals surface area contributed by atoms with Gasteiger partial charge in [0.25, 0.3) is 0 Å². The number of hydrogen-bond acceptors (Lipinski definition) is 5. The van der Waals surface area contributed by atoms with Crippen molar-refractivity contribution in [1.29, 1.82) is 0 Å². The second kappa shape index (κ2) is 6.34. The molecule has 0 aliphatic carbocycles. The molecule has 0 N–H and O–H groups in total. The van der Waals surface area contributed by atoms with E-state index in [1.54, 1.807) is 20.0 Å². The van der Waals surface area contributed by atoms with Gasteiger partial charge in [-0.15, -0.1) is 0 Å². The molecule has 0 saturated heterocycles. The topological polar surface area (TPSA) is 69.0 Å². The number of benzene rings is 2. The zero-order valence-electron chi connectivity index (χ0n) is 14.5. The Hall–Kier alpha value is -2.51. The van der Waals surface area contributed by atoms with Gasteiger partial charge in [0.05, 0.1) is 10.9 Å². The lowest BCUT2D eigenvalue weighted by atomic mass is 10.2. The molecule has 1 aliphatic heterocycles. The van der Waals surface area contributed by atoms with E-state index in [-0.39, 0.29) is 4.90 Å². The number of furan rings is 1. The van der Waals surface area contributed by atoms with Crippen LogP contribution in [0.3, 0.4) is 0 Å². The molecule has 0 amide bonds. The summed E-state index contributed by atoms with van der Waals surface area (Å²) in [7, 11) is -2.17. The van der Waals surface area contributed by atoms with E-state index in [9.17, 15) is 8.42 Å². The lowest BCUT2D eigenvalue weighted by molar-refractivity contribution is 0.171. The molecule has 0 radical (unpaired) electrons. The summed E-state index contributed by atoms with van der Waals surface area (Å²) in [5, 5.41) is 0.944. The van der Waals surface area contributed by atoms with Crippen molar-refractivity contribution in [3.8, 4) is 11.5 Å². The highest BCUT2D eigenvalue weighted by atomic mass is 32.2. The van der Waals surface area contributed by atoms with Crippen molar-refractivity contribution in [3.05, 3.63) is 54.3 Å². The third-order valence-electron chi connectivity index (χ3n) is 4.59. The lowest BCUT2D eigenvalue weighted by Crippen LogP contribution is -2.29. The Labute approximate surface area is 152 Å². The molecule has 0 saturated carbocycles. The van der Waals surface area contributed by atoms with Crippen LogP contribution in [0.4, 0.5) is 0 Å². The van der Waals surface area contributed by atoms with E-state index in [2.05, 4.69) is 0 Å². The maximum absolute atomic E-state index is 13.0. The fourth-order valence-corrected chi connectivity index (χ4v) is 4.29. The second-order valence-corrected chi connectivity index (χ2v) is 8.19. The number of fused-ring (bicyclic) bond motifs is 2. The van der Waals surface area contributed by atoms with E-state index in [1.807, 2.05) is 30.3 Å². The molecule has 4 rings (SSSR count). The maximum Gasteiger partial charge on any atom is 0.243 e. The first-order valence-electron chi connectivity index (χ1n) is 8.33. The van der Waals surface area contributed by atoms with Crippen molar-refractivity contribution in [2.24, 2.45) is 0 Å². The summed E-state index contributed by atoms with van der Waals surface area (Å²) in [5.74, 6) is 1.60. The van der Waals surface area contributed by atoms with Gasteiger partial charge in [-0.1, -0.05) is 18.2 Å². The van der Waals surface area contributed by atoms with Crippen LogP contribution < -0.4 is 9.47 Å². The zero-order chi connectivity index (χ0) is 18.3. The van der Waals surface area contributed by atoms with Crippen LogP contribution in [-0.4, -0.2) is 33.0 Å². The second-order valence-electron chi connectivity index (χ2n) is 6.19. The molecule has 136 valence electrons. The van der Waals surface area contributed by atoms with Crippen molar-refractivity contribution in [1.82, 2.24) is 4.31 Å². The molecule has 7 heteroatoms. The Morgan fingerprint density at radius 2 is 1.73 bits per heavy atom.